The monoisotopic (exact) mass is 403 g/mol. The minimum absolute atomic E-state index is 0.196. The minimum Gasteiger partial charge on any atom is -0.395 e. The van der Waals surface area contributed by atoms with E-state index in [4.69, 9.17) is 10.1 Å². The highest BCUT2D eigenvalue weighted by molar-refractivity contribution is 5.82. The Morgan fingerprint density at radius 2 is 1.87 bits per heavy atom. The Bertz CT molecular complexity index is 1130. The number of imidazole rings is 1. The van der Waals surface area contributed by atoms with Crippen molar-refractivity contribution >= 4 is 11.5 Å². The maximum Gasteiger partial charge on any atom is 0.166 e. The summed E-state index contributed by atoms with van der Waals surface area (Å²) in [4.78, 5) is 17.0. The van der Waals surface area contributed by atoms with Crippen molar-refractivity contribution in [3.8, 4) is 22.5 Å². The van der Waals surface area contributed by atoms with Crippen LogP contribution >= 0.6 is 0 Å². The second-order valence-corrected chi connectivity index (χ2v) is 7.57. The molecule has 2 N–H and O–H groups in total. The molecule has 0 unspecified atom stereocenters. The first-order chi connectivity index (χ1) is 14.7. The van der Waals surface area contributed by atoms with E-state index < -0.39 is 0 Å². The number of hydrogen-bond donors (Lipinski definition) is 2. The number of benzene rings is 1. The Kier molecular flexibility index (Phi) is 4.94. The lowest BCUT2D eigenvalue weighted by Crippen LogP contribution is -2.47. The summed E-state index contributed by atoms with van der Waals surface area (Å²) in [6.07, 6.45) is 3.54. The van der Waals surface area contributed by atoms with Gasteiger partial charge in [0.2, 0.25) is 0 Å². The number of aromatic amines is 1. The van der Waals surface area contributed by atoms with Crippen LogP contribution in [-0.2, 0) is 0 Å². The van der Waals surface area contributed by atoms with E-state index in [0.717, 1.165) is 72.4 Å². The summed E-state index contributed by atoms with van der Waals surface area (Å²) in [5.74, 6) is 1.02. The highest BCUT2D eigenvalue weighted by atomic mass is 16.3. The number of nitrogens with zero attached hydrogens (tertiary/aromatic N) is 6. The summed E-state index contributed by atoms with van der Waals surface area (Å²) >= 11 is 0. The summed E-state index contributed by atoms with van der Waals surface area (Å²) in [7, 11) is 0. The number of aryl methyl sites for hydroxylation is 1. The molecule has 4 heterocycles. The van der Waals surface area contributed by atoms with Crippen molar-refractivity contribution in [3.63, 3.8) is 0 Å². The number of piperazine rings is 1. The normalized spacial score (nSPS) is 15.2. The quantitative estimate of drug-likeness (QED) is 0.531. The van der Waals surface area contributed by atoms with Crippen molar-refractivity contribution < 1.29 is 5.11 Å². The van der Waals surface area contributed by atoms with Gasteiger partial charge < -0.3 is 15.0 Å². The Hall–Kier alpha value is -3.23. The van der Waals surface area contributed by atoms with Crippen LogP contribution in [0, 0.1) is 6.92 Å². The molecular weight excluding hydrogens is 378 g/mol. The van der Waals surface area contributed by atoms with Gasteiger partial charge in [-0.05, 0) is 12.5 Å². The van der Waals surface area contributed by atoms with Crippen molar-refractivity contribution in [3.05, 3.63) is 54.6 Å². The minimum atomic E-state index is 0.196. The van der Waals surface area contributed by atoms with Crippen LogP contribution in [0.4, 0.5) is 5.82 Å². The molecule has 0 atom stereocenters. The summed E-state index contributed by atoms with van der Waals surface area (Å²) < 4.78 is 1.97. The zero-order valence-corrected chi connectivity index (χ0v) is 17.0. The van der Waals surface area contributed by atoms with Crippen LogP contribution in [0.3, 0.4) is 0 Å². The maximum atomic E-state index is 9.24. The van der Waals surface area contributed by atoms with E-state index in [-0.39, 0.29) is 6.61 Å². The van der Waals surface area contributed by atoms with Gasteiger partial charge in [0.05, 0.1) is 24.3 Å². The van der Waals surface area contributed by atoms with Crippen LogP contribution in [0.1, 0.15) is 5.69 Å². The zero-order valence-electron chi connectivity index (χ0n) is 17.0. The molecule has 3 aromatic heterocycles. The Balaban J connectivity index is 1.65. The van der Waals surface area contributed by atoms with Gasteiger partial charge in [-0.15, -0.1) is 0 Å². The molecule has 0 radical (unpaired) electrons. The molecular formula is C22H25N7O. The topological polar surface area (TPSA) is 85.6 Å². The third-order valence-corrected chi connectivity index (χ3v) is 5.68. The Labute approximate surface area is 174 Å². The van der Waals surface area contributed by atoms with Crippen molar-refractivity contribution in [2.75, 3.05) is 44.2 Å². The van der Waals surface area contributed by atoms with Crippen LogP contribution in [0.25, 0.3) is 28.2 Å². The van der Waals surface area contributed by atoms with Gasteiger partial charge in [0.1, 0.15) is 11.5 Å². The van der Waals surface area contributed by atoms with E-state index in [1.54, 1.807) is 6.33 Å². The first kappa shape index (κ1) is 18.8. The average Bonchev–Trinajstić information content (AvgIpc) is 3.42. The smallest absolute Gasteiger partial charge is 0.166 e. The van der Waals surface area contributed by atoms with Crippen molar-refractivity contribution in [1.82, 2.24) is 29.5 Å². The first-order valence-electron chi connectivity index (χ1n) is 10.3. The number of β-amino-alcohol motifs (C(OH)–C–C–N with tert-alkyl or cyclic N) is 1. The first-order valence-corrected chi connectivity index (χ1v) is 10.3. The van der Waals surface area contributed by atoms with Gasteiger partial charge in [0.25, 0.3) is 0 Å². The predicted octanol–water partition coefficient (Wildman–Crippen LogP) is 2.21. The second kappa shape index (κ2) is 7.89. The molecule has 154 valence electrons. The lowest BCUT2D eigenvalue weighted by Gasteiger charge is -2.35. The Morgan fingerprint density at radius 1 is 1.07 bits per heavy atom. The lowest BCUT2D eigenvalue weighted by atomic mass is 10.1. The van der Waals surface area contributed by atoms with Gasteiger partial charge in [-0.3, -0.25) is 4.90 Å². The highest BCUT2D eigenvalue weighted by Crippen LogP contribution is 2.32. The van der Waals surface area contributed by atoms with Crippen molar-refractivity contribution in [1.29, 1.82) is 0 Å². The number of aliphatic hydroxyl groups is 1. The zero-order chi connectivity index (χ0) is 20.5. The fourth-order valence-electron chi connectivity index (χ4n) is 4.15. The van der Waals surface area contributed by atoms with Crippen LogP contribution in [0.5, 0.6) is 0 Å². The average molecular weight is 403 g/mol. The third kappa shape index (κ3) is 3.34. The van der Waals surface area contributed by atoms with Gasteiger partial charge in [-0.2, -0.15) is 9.61 Å². The van der Waals surface area contributed by atoms with E-state index in [0.29, 0.717) is 0 Å². The van der Waals surface area contributed by atoms with Crippen LogP contribution in [-0.4, -0.2) is 73.9 Å². The number of aromatic nitrogens is 5. The molecule has 1 fully saturated rings. The molecule has 8 heteroatoms. The Morgan fingerprint density at radius 3 is 2.57 bits per heavy atom. The number of nitrogens with one attached hydrogen (secondary N) is 1. The third-order valence-electron chi connectivity index (χ3n) is 5.68. The molecule has 0 amide bonds. The molecule has 8 nitrogen and oxygen atoms in total. The molecule has 30 heavy (non-hydrogen) atoms. The fraction of sp³-hybridized carbons (Fsp3) is 0.318. The summed E-state index contributed by atoms with van der Waals surface area (Å²) in [6, 6.07) is 12.4. The highest BCUT2D eigenvalue weighted by Gasteiger charge is 2.23. The summed E-state index contributed by atoms with van der Waals surface area (Å²) in [5, 5.41) is 14.1. The number of fused-ring (bicyclic) bond motifs is 1. The lowest BCUT2D eigenvalue weighted by molar-refractivity contribution is 0.188. The molecule has 1 aromatic carbocycles. The van der Waals surface area contributed by atoms with Gasteiger partial charge in [-0.25, -0.2) is 9.97 Å². The number of aliphatic hydroxyl groups excluding tert-OH is 1. The van der Waals surface area contributed by atoms with Crippen LogP contribution < -0.4 is 4.90 Å². The summed E-state index contributed by atoms with van der Waals surface area (Å²) in [5.41, 5.74) is 5.59. The number of rotatable bonds is 5. The number of hydrogen-bond acceptors (Lipinski definition) is 6. The van der Waals surface area contributed by atoms with Gasteiger partial charge in [0, 0.05) is 50.6 Å². The molecule has 0 aliphatic carbocycles. The van der Waals surface area contributed by atoms with Gasteiger partial charge in [0.15, 0.2) is 5.65 Å². The standard InChI is InChI=1S/C22H25N7O/c1-16-21(17-5-3-2-4-6-17)22-25-18(19-14-23-15-24-19)13-20(29(22)26-16)28-9-7-27(8-10-28)11-12-30/h2-6,13-15,30H,7-12H2,1H3,(H,23,24). The molecule has 1 aliphatic rings. The molecule has 0 spiro atoms. The maximum absolute atomic E-state index is 9.24. The van der Waals surface area contributed by atoms with E-state index >= 15 is 0 Å². The molecule has 1 aliphatic heterocycles. The SMILES string of the molecule is Cc1nn2c(N3CCN(CCO)CC3)cc(-c3c[nH]cn3)nc2c1-c1ccccc1. The van der Waals surface area contributed by atoms with E-state index in [1.807, 2.05) is 35.8 Å². The van der Waals surface area contributed by atoms with Crippen molar-refractivity contribution in [2.45, 2.75) is 6.92 Å². The molecule has 4 aromatic rings. The molecule has 1 saturated heterocycles. The number of anilines is 1. The van der Waals surface area contributed by atoms with E-state index in [1.165, 1.54) is 0 Å². The van der Waals surface area contributed by atoms with Gasteiger partial charge >= 0.3 is 0 Å². The fourth-order valence-corrected chi connectivity index (χ4v) is 4.15. The van der Waals surface area contributed by atoms with Crippen LogP contribution in [0.15, 0.2) is 48.9 Å². The van der Waals surface area contributed by atoms with E-state index in [2.05, 4.69) is 38.0 Å². The van der Waals surface area contributed by atoms with E-state index in [9.17, 15) is 5.11 Å². The van der Waals surface area contributed by atoms with Crippen molar-refractivity contribution in [2.24, 2.45) is 0 Å². The summed E-state index contributed by atoms with van der Waals surface area (Å²) in [6.45, 7) is 6.52. The molecule has 5 rings (SSSR count). The molecule has 0 bridgehead atoms. The second-order valence-electron chi connectivity index (χ2n) is 7.57. The van der Waals surface area contributed by atoms with Gasteiger partial charge in [-0.1, -0.05) is 30.3 Å². The molecule has 0 saturated carbocycles. The van der Waals surface area contributed by atoms with Crippen LogP contribution in [0.2, 0.25) is 0 Å². The predicted molar refractivity (Wildman–Crippen MR) is 116 cm³/mol. The number of H-pyrrole nitrogens is 1. The largest absolute Gasteiger partial charge is 0.395 e.